The molecule has 0 aromatic heterocycles. The fourth-order valence-electron chi connectivity index (χ4n) is 2.77. The molecule has 4 nitrogen and oxygen atoms in total. The van der Waals surface area contributed by atoms with E-state index < -0.39 is 0 Å². The third kappa shape index (κ3) is 1.76. The average molecular weight is 209 g/mol. The maximum atomic E-state index is 12.1. The molecular weight excluding hydrogens is 190 g/mol. The van der Waals surface area contributed by atoms with Crippen LogP contribution in [0.2, 0.25) is 0 Å². The number of hydrogen-bond acceptors (Lipinski definition) is 3. The van der Waals surface area contributed by atoms with Crippen LogP contribution in [0.1, 0.15) is 32.1 Å². The molecule has 1 saturated carbocycles. The van der Waals surface area contributed by atoms with E-state index in [-0.39, 0.29) is 6.04 Å². The molecule has 1 amide bonds. The predicted octanol–water partition coefficient (Wildman–Crippen LogP) is 0.255. The lowest BCUT2D eigenvalue weighted by molar-refractivity contribution is -0.134. The Hall–Kier alpha value is -0.610. The molecule has 1 aliphatic carbocycles. The van der Waals surface area contributed by atoms with Crippen molar-refractivity contribution in [2.75, 3.05) is 19.6 Å². The molecule has 1 spiro atoms. The number of amides is 1. The topological polar surface area (TPSA) is 44.4 Å². The van der Waals surface area contributed by atoms with Gasteiger partial charge in [-0.05, 0) is 37.5 Å². The van der Waals surface area contributed by atoms with Crippen molar-refractivity contribution in [3.63, 3.8) is 0 Å². The lowest BCUT2D eigenvalue weighted by Crippen LogP contribution is -2.48. The second kappa shape index (κ2) is 3.46. The van der Waals surface area contributed by atoms with Gasteiger partial charge in [0.25, 0.3) is 0 Å². The molecule has 3 aliphatic rings. The largest absolute Gasteiger partial charge is 0.341 e. The number of likely N-dealkylation sites (tertiary alicyclic amines) is 1. The summed E-state index contributed by atoms with van der Waals surface area (Å²) in [6.45, 7) is 2.88. The molecule has 0 radical (unpaired) electrons. The standard InChI is InChI=1S/C11H19N3O/c15-10(9-1-6-12-13-9)14-7-4-11(2-3-11)5-8-14/h9,12-13H,1-8H2. The second-order valence-electron chi connectivity index (χ2n) is 5.24. The zero-order valence-electron chi connectivity index (χ0n) is 9.09. The molecule has 2 N–H and O–H groups in total. The first-order valence-electron chi connectivity index (χ1n) is 6.06. The van der Waals surface area contributed by atoms with Crippen molar-refractivity contribution in [3.8, 4) is 0 Å². The minimum Gasteiger partial charge on any atom is -0.341 e. The number of rotatable bonds is 1. The maximum Gasteiger partial charge on any atom is 0.241 e. The zero-order valence-corrected chi connectivity index (χ0v) is 9.09. The lowest BCUT2D eigenvalue weighted by Gasteiger charge is -2.33. The van der Waals surface area contributed by atoms with E-state index in [0.717, 1.165) is 26.1 Å². The van der Waals surface area contributed by atoms with Crippen LogP contribution in [0.5, 0.6) is 0 Å². The summed E-state index contributed by atoms with van der Waals surface area (Å²) in [6.07, 6.45) is 6.20. The Morgan fingerprint density at radius 1 is 1.20 bits per heavy atom. The molecule has 1 atom stereocenters. The molecule has 2 heterocycles. The fourth-order valence-corrected chi connectivity index (χ4v) is 2.77. The number of nitrogens with one attached hydrogen (secondary N) is 2. The van der Waals surface area contributed by atoms with Gasteiger partial charge >= 0.3 is 0 Å². The molecule has 3 fully saturated rings. The molecule has 0 aromatic carbocycles. The van der Waals surface area contributed by atoms with Crippen LogP contribution in [0.25, 0.3) is 0 Å². The Balaban J connectivity index is 1.56. The normalized spacial score (nSPS) is 33.3. The molecule has 2 aliphatic heterocycles. The molecule has 2 saturated heterocycles. The summed E-state index contributed by atoms with van der Waals surface area (Å²) in [7, 11) is 0. The van der Waals surface area contributed by atoms with Crippen LogP contribution < -0.4 is 10.9 Å². The van der Waals surface area contributed by atoms with Crippen LogP contribution in [0, 0.1) is 5.41 Å². The molecule has 3 rings (SSSR count). The van der Waals surface area contributed by atoms with Crippen LogP contribution in [0.15, 0.2) is 0 Å². The van der Waals surface area contributed by atoms with E-state index in [0.29, 0.717) is 11.3 Å². The van der Waals surface area contributed by atoms with E-state index in [1.807, 2.05) is 4.90 Å². The van der Waals surface area contributed by atoms with Gasteiger partial charge in [0.2, 0.25) is 5.91 Å². The van der Waals surface area contributed by atoms with E-state index in [1.54, 1.807) is 0 Å². The third-order valence-electron chi connectivity index (χ3n) is 4.23. The molecule has 1 unspecified atom stereocenters. The molecule has 0 bridgehead atoms. The third-order valence-corrected chi connectivity index (χ3v) is 4.23. The van der Waals surface area contributed by atoms with Gasteiger partial charge in [-0.2, -0.15) is 0 Å². The first kappa shape index (κ1) is 9.60. The van der Waals surface area contributed by atoms with Crippen molar-refractivity contribution in [1.82, 2.24) is 15.8 Å². The smallest absolute Gasteiger partial charge is 0.241 e. The van der Waals surface area contributed by atoms with Gasteiger partial charge in [0, 0.05) is 19.6 Å². The number of nitrogens with zero attached hydrogens (tertiary/aromatic N) is 1. The van der Waals surface area contributed by atoms with Gasteiger partial charge < -0.3 is 4.90 Å². The monoisotopic (exact) mass is 209 g/mol. The van der Waals surface area contributed by atoms with Gasteiger partial charge in [-0.3, -0.25) is 10.2 Å². The van der Waals surface area contributed by atoms with Crippen LogP contribution >= 0.6 is 0 Å². The molecule has 84 valence electrons. The minimum absolute atomic E-state index is 0.0262. The van der Waals surface area contributed by atoms with Gasteiger partial charge in [0.15, 0.2) is 0 Å². The summed E-state index contributed by atoms with van der Waals surface area (Å²) in [4.78, 5) is 14.1. The van der Waals surface area contributed by atoms with Crippen LogP contribution in [0.4, 0.5) is 0 Å². The Morgan fingerprint density at radius 3 is 2.47 bits per heavy atom. The highest BCUT2D eigenvalue weighted by molar-refractivity contribution is 5.82. The minimum atomic E-state index is 0.0262. The Kier molecular flexibility index (Phi) is 2.21. The number of piperidine rings is 1. The highest BCUT2D eigenvalue weighted by Crippen LogP contribution is 2.53. The summed E-state index contributed by atoms with van der Waals surface area (Å²) >= 11 is 0. The molecular formula is C11H19N3O. The molecule has 4 heteroatoms. The van der Waals surface area contributed by atoms with E-state index in [2.05, 4.69) is 10.9 Å². The van der Waals surface area contributed by atoms with Crippen molar-refractivity contribution in [2.24, 2.45) is 5.41 Å². The molecule has 15 heavy (non-hydrogen) atoms. The summed E-state index contributed by atoms with van der Waals surface area (Å²) in [5.41, 5.74) is 6.74. The second-order valence-corrected chi connectivity index (χ2v) is 5.24. The Morgan fingerprint density at radius 2 is 1.93 bits per heavy atom. The lowest BCUT2D eigenvalue weighted by atomic mass is 9.93. The van der Waals surface area contributed by atoms with Crippen LogP contribution in [-0.2, 0) is 4.79 Å². The zero-order chi connectivity index (χ0) is 10.3. The van der Waals surface area contributed by atoms with Crippen molar-refractivity contribution in [1.29, 1.82) is 0 Å². The SMILES string of the molecule is O=C(C1CCNN1)N1CCC2(CC1)CC2. The number of hydrogen-bond donors (Lipinski definition) is 2. The number of hydrazine groups is 1. The summed E-state index contributed by atoms with van der Waals surface area (Å²) in [5, 5.41) is 0. The van der Waals surface area contributed by atoms with E-state index in [4.69, 9.17) is 0 Å². The summed E-state index contributed by atoms with van der Waals surface area (Å²) in [5.74, 6) is 0.301. The number of carbonyl (C=O) groups excluding carboxylic acids is 1. The van der Waals surface area contributed by atoms with Crippen LogP contribution in [-0.4, -0.2) is 36.5 Å². The van der Waals surface area contributed by atoms with Gasteiger partial charge in [-0.1, -0.05) is 0 Å². The van der Waals surface area contributed by atoms with E-state index in [1.165, 1.54) is 25.7 Å². The van der Waals surface area contributed by atoms with E-state index in [9.17, 15) is 4.79 Å². The van der Waals surface area contributed by atoms with E-state index >= 15 is 0 Å². The predicted molar refractivity (Wildman–Crippen MR) is 57.0 cm³/mol. The highest BCUT2D eigenvalue weighted by Gasteiger charge is 2.45. The Bertz CT molecular complexity index is 259. The van der Waals surface area contributed by atoms with Gasteiger partial charge in [0.05, 0.1) is 0 Å². The summed E-state index contributed by atoms with van der Waals surface area (Å²) in [6, 6.07) is 0.0262. The average Bonchev–Trinajstić information content (AvgIpc) is 2.84. The van der Waals surface area contributed by atoms with Crippen molar-refractivity contribution in [2.45, 2.75) is 38.1 Å². The van der Waals surface area contributed by atoms with Gasteiger partial charge in [-0.15, -0.1) is 0 Å². The number of carbonyl (C=O) groups is 1. The van der Waals surface area contributed by atoms with Crippen molar-refractivity contribution < 1.29 is 4.79 Å². The molecule has 0 aromatic rings. The van der Waals surface area contributed by atoms with Crippen molar-refractivity contribution >= 4 is 5.91 Å². The van der Waals surface area contributed by atoms with Crippen LogP contribution in [0.3, 0.4) is 0 Å². The quantitative estimate of drug-likeness (QED) is 0.651. The maximum absolute atomic E-state index is 12.1. The Labute approximate surface area is 90.4 Å². The van der Waals surface area contributed by atoms with Crippen molar-refractivity contribution in [3.05, 3.63) is 0 Å². The summed E-state index contributed by atoms with van der Waals surface area (Å²) < 4.78 is 0. The first-order chi connectivity index (χ1) is 7.29. The van der Waals surface area contributed by atoms with Gasteiger partial charge in [0.1, 0.15) is 6.04 Å². The fraction of sp³-hybridized carbons (Fsp3) is 0.909. The highest BCUT2D eigenvalue weighted by atomic mass is 16.2. The van der Waals surface area contributed by atoms with Gasteiger partial charge in [-0.25, -0.2) is 5.43 Å². The first-order valence-corrected chi connectivity index (χ1v) is 6.06.